The van der Waals surface area contributed by atoms with Crippen molar-refractivity contribution < 1.29 is 9.59 Å². The fraction of sp³-hybridized carbons (Fsp3) is 0.571. The minimum absolute atomic E-state index is 0.0108. The lowest BCUT2D eigenvalue weighted by Gasteiger charge is -2.25. The first kappa shape index (κ1) is 17.4. The van der Waals surface area contributed by atoms with Crippen molar-refractivity contribution in [3.63, 3.8) is 0 Å². The van der Waals surface area contributed by atoms with Gasteiger partial charge < -0.3 is 16.0 Å². The zero-order valence-corrected chi connectivity index (χ0v) is 12.1. The van der Waals surface area contributed by atoms with Crippen LogP contribution in [0.15, 0.2) is 25.3 Å². The van der Waals surface area contributed by atoms with Crippen molar-refractivity contribution in [2.24, 2.45) is 5.92 Å². The molecule has 5 nitrogen and oxygen atoms in total. The first-order chi connectivity index (χ1) is 8.78. The Kier molecular flexibility index (Phi) is 7.75. The number of carbonyl (C=O) groups is 2. The van der Waals surface area contributed by atoms with E-state index in [1.807, 2.05) is 0 Å². The highest BCUT2D eigenvalue weighted by Gasteiger charge is 2.15. The van der Waals surface area contributed by atoms with Gasteiger partial charge in [0.05, 0.1) is 0 Å². The lowest BCUT2D eigenvalue weighted by Crippen LogP contribution is -2.45. The van der Waals surface area contributed by atoms with Gasteiger partial charge >= 0.3 is 0 Å². The van der Waals surface area contributed by atoms with E-state index in [1.165, 1.54) is 12.2 Å². The molecule has 0 saturated carbocycles. The van der Waals surface area contributed by atoms with Crippen molar-refractivity contribution >= 4 is 11.8 Å². The molecule has 0 spiro atoms. The molecule has 0 atom stereocenters. The van der Waals surface area contributed by atoms with Crippen molar-refractivity contribution in [3.8, 4) is 0 Å². The molecule has 0 aromatic rings. The second-order valence-corrected chi connectivity index (χ2v) is 5.40. The molecule has 0 unspecified atom stereocenters. The zero-order valence-electron chi connectivity index (χ0n) is 12.1. The van der Waals surface area contributed by atoms with Crippen molar-refractivity contribution in [1.29, 1.82) is 0 Å². The SMILES string of the molecule is C=CC(=O)NCC(CNC(=O)C=C)CNC(C)(C)C. The quantitative estimate of drug-likeness (QED) is 0.564. The molecule has 0 radical (unpaired) electrons. The predicted molar refractivity (Wildman–Crippen MR) is 77.7 cm³/mol. The number of amides is 2. The third kappa shape index (κ3) is 10.0. The monoisotopic (exact) mass is 267 g/mol. The highest BCUT2D eigenvalue weighted by molar-refractivity contribution is 5.87. The number of hydrogen-bond donors (Lipinski definition) is 3. The summed E-state index contributed by atoms with van der Waals surface area (Å²) in [4.78, 5) is 22.3. The summed E-state index contributed by atoms with van der Waals surface area (Å²) < 4.78 is 0. The molecule has 19 heavy (non-hydrogen) atoms. The third-order valence-corrected chi connectivity index (χ3v) is 2.42. The molecule has 0 aromatic carbocycles. The van der Waals surface area contributed by atoms with Crippen LogP contribution < -0.4 is 16.0 Å². The Bertz CT molecular complexity index is 308. The van der Waals surface area contributed by atoms with Gasteiger partial charge in [0, 0.05) is 31.1 Å². The molecule has 0 saturated heterocycles. The molecule has 2 amide bonds. The molecule has 5 heteroatoms. The van der Waals surface area contributed by atoms with E-state index >= 15 is 0 Å². The highest BCUT2D eigenvalue weighted by Crippen LogP contribution is 2.01. The van der Waals surface area contributed by atoms with Gasteiger partial charge in [-0.05, 0) is 32.9 Å². The van der Waals surface area contributed by atoms with Crippen molar-refractivity contribution in [2.45, 2.75) is 26.3 Å². The smallest absolute Gasteiger partial charge is 0.243 e. The van der Waals surface area contributed by atoms with E-state index < -0.39 is 0 Å². The Morgan fingerprint density at radius 1 is 1.00 bits per heavy atom. The van der Waals surface area contributed by atoms with E-state index in [0.717, 1.165) is 0 Å². The van der Waals surface area contributed by atoms with Gasteiger partial charge in [0.2, 0.25) is 11.8 Å². The van der Waals surface area contributed by atoms with Crippen LogP contribution in [0.1, 0.15) is 20.8 Å². The molecule has 0 rings (SSSR count). The molecule has 3 N–H and O–H groups in total. The van der Waals surface area contributed by atoms with E-state index in [-0.39, 0.29) is 23.3 Å². The molecule has 108 valence electrons. The minimum atomic E-state index is -0.212. The van der Waals surface area contributed by atoms with Gasteiger partial charge in [0.1, 0.15) is 0 Å². The van der Waals surface area contributed by atoms with E-state index in [2.05, 4.69) is 49.9 Å². The highest BCUT2D eigenvalue weighted by atomic mass is 16.2. The van der Waals surface area contributed by atoms with Crippen LogP contribution in [0.3, 0.4) is 0 Å². The molecule has 0 aromatic heterocycles. The fourth-order valence-electron chi connectivity index (χ4n) is 1.30. The van der Waals surface area contributed by atoms with Gasteiger partial charge in [0.25, 0.3) is 0 Å². The normalized spacial score (nSPS) is 10.9. The second-order valence-electron chi connectivity index (χ2n) is 5.40. The van der Waals surface area contributed by atoms with Crippen molar-refractivity contribution in [3.05, 3.63) is 25.3 Å². The van der Waals surface area contributed by atoms with Crippen LogP contribution in [-0.4, -0.2) is 37.0 Å². The zero-order chi connectivity index (χ0) is 14.9. The number of hydrogen-bond acceptors (Lipinski definition) is 3. The molecule has 0 aliphatic rings. The van der Waals surface area contributed by atoms with Crippen LogP contribution in [0.5, 0.6) is 0 Å². The maximum atomic E-state index is 11.2. The molecular formula is C14H25N3O2. The Hall–Kier alpha value is -1.62. The Morgan fingerprint density at radius 2 is 1.42 bits per heavy atom. The summed E-state index contributed by atoms with van der Waals surface area (Å²) in [6.07, 6.45) is 2.47. The summed E-state index contributed by atoms with van der Waals surface area (Å²) >= 11 is 0. The van der Waals surface area contributed by atoms with E-state index in [9.17, 15) is 9.59 Å². The largest absolute Gasteiger partial charge is 0.352 e. The minimum Gasteiger partial charge on any atom is -0.352 e. The van der Waals surface area contributed by atoms with Gasteiger partial charge in [-0.3, -0.25) is 9.59 Å². The second kappa shape index (κ2) is 8.48. The van der Waals surface area contributed by atoms with Crippen molar-refractivity contribution in [1.82, 2.24) is 16.0 Å². The predicted octanol–water partition coefficient (Wildman–Crippen LogP) is 0.595. The third-order valence-electron chi connectivity index (χ3n) is 2.42. The number of nitrogens with one attached hydrogen (secondary N) is 3. The summed E-state index contributed by atoms with van der Waals surface area (Å²) in [5.41, 5.74) is -0.0108. The average molecular weight is 267 g/mol. The van der Waals surface area contributed by atoms with Gasteiger partial charge in [-0.25, -0.2) is 0 Å². The van der Waals surface area contributed by atoms with Crippen molar-refractivity contribution in [2.75, 3.05) is 19.6 Å². The molecule has 0 fully saturated rings. The number of carbonyl (C=O) groups excluding carboxylic acids is 2. The average Bonchev–Trinajstić information content (AvgIpc) is 2.35. The van der Waals surface area contributed by atoms with Crippen LogP contribution in [0.4, 0.5) is 0 Å². The summed E-state index contributed by atoms with van der Waals surface area (Å²) in [6.45, 7) is 14.6. The summed E-state index contributed by atoms with van der Waals surface area (Å²) in [5, 5.41) is 8.82. The Labute approximate surface area is 115 Å². The van der Waals surface area contributed by atoms with E-state index in [4.69, 9.17) is 0 Å². The van der Waals surface area contributed by atoms with Gasteiger partial charge in [-0.2, -0.15) is 0 Å². The first-order valence-corrected chi connectivity index (χ1v) is 6.34. The molecular weight excluding hydrogens is 242 g/mol. The Morgan fingerprint density at radius 3 is 1.74 bits per heavy atom. The first-order valence-electron chi connectivity index (χ1n) is 6.34. The maximum Gasteiger partial charge on any atom is 0.243 e. The fourth-order valence-corrected chi connectivity index (χ4v) is 1.30. The molecule has 0 bridgehead atoms. The molecule has 0 aliphatic heterocycles. The standard InChI is InChI=1S/C14H25N3O2/c1-6-12(18)15-8-11(9-16-13(19)7-2)10-17-14(3,4)5/h6-7,11,17H,1-2,8-10H2,3-5H3,(H,15,18)(H,16,19). The number of rotatable bonds is 8. The summed E-state index contributed by atoms with van der Waals surface area (Å²) in [5.74, 6) is -0.321. The lowest BCUT2D eigenvalue weighted by atomic mass is 10.1. The van der Waals surface area contributed by atoms with Gasteiger partial charge in [0.15, 0.2) is 0 Å². The van der Waals surface area contributed by atoms with Gasteiger partial charge in [-0.15, -0.1) is 0 Å². The summed E-state index contributed by atoms with van der Waals surface area (Å²) in [6, 6.07) is 0. The van der Waals surface area contributed by atoms with Crippen LogP contribution in [0.2, 0.25) is 0 Å². The molecule has 0 heterocycles. The van der Waals surface area contributed by atoms with Crippen LogP contribution in [-0.2, 0) is 9.59 Å². The lowest BCUT2D eigenvalue weighted by molar-refractivity contribution is -0.116. The topological polar surface area (TPSA) is 70.2 Å². The van der Waals surface area contributed by atoms with Crippen LogP contribution in [0, 0.1) is 5.92 Å². The van der Waals surface area contributed by atoms with Crippen LogP contribution in [0.25, 0.3) is 0 Å². The Balaban J connectivity index is 4.28. The van der Waals surface area contributed by atoms with Gasteiger partial charge in [-0.1, -0.05) is 13.2 Å². The molecule has 0 aliphatic carbocycles. The maximum absolute atomic E-state index is 11.2. The van der Waals surface area contributed by atoms with E-state index in [1.54, 1.807) is 0 Å². The van der Waals surface area contributed by atoms with E-state index in [0.29, 0.717) is 19.6 Å². The van der Waals surface area contributed by atoms with Crippen LogP contribution >= 0.6 is 0 Å². The summed E-state index contributed by atoms with van der Waals surface area (Å²) in [7, 11) is 0.